The molecule has 0 aliphatic carbocycles. The molecule has 0 radical (unpaired) electrons. The van der Waals surface area contributed by atoms with Crippen LogP contribution in [0.3, 0.4) is 0 Å². The fourth-order valence-corrected chi connectivity index (χ4v) is 2.46. The molecule has 0 heterocycles. The fourth-order valence-electron chi connectivity index (χ4n) is 1.35. The van der Waals surface area contributed by atoms with Crippen LogP contribution in [0.2, 0.25) is 0 Å². The number of hydrogen-bond donors (Lipinski definition) is 0. The Morgan fingerprint density at radius 3 is 2.37 bits per heavy atom. The Bertz CT molecular complexity index is 563. The number of hydrogen-bond acceptors (Lipinski definition) is 3. The summed E-state index contributed by atoms with van der Waals surface area (Å²) in [4.78, 5) is 10.2. The van der Waals surface area contributed by atoms with Gasteiger partial charge in [-0.2, -0.15) is 8.78 Å². The van der Waals surface area contributed by atoms with Gasteiger partial charge in [0.05, 0.1) is 4.90 Å². The van der Waals surface area contributed by atoms with Crippen molar-refractivity contribution in [2.24, 2.45) is 0 Å². The van der Waals surface area contributed by atoms with E-state index in [1.54, 1.807) is 6.07 Å². The highest BCUT2D eigenvalue weighted by molar-refractivity contribution is 7.92. The van der Waals surface area contributed by atoms with Gasteiger partial charge in [0.1, 0.15) is 5.78 Å². The number of Topliss-reactive ketones (excluding diaryl/α,β-unsaturated/α-hetero) is 1. The van der Waals surface area contributed by atoms with Crippen LogP contribution in [0.4, 0.5) is 8.78 Å². The van der Waals surface area contributed by atoms with E-state index in [-0.39, 0.29) is 18.6 Å². The third kappa shape index (κ3) is 3.96. The Balaban J connectivity index is 2.90. The molecule has 6 heteroatoms. The van der Waals surface area contributed by atoms with Crippen molar-refractivity contribution in [1.82, 2.24) is 0 Å². The van der Waals surface area contributed by atoms with E-state index in [2.05, 4.69) is 0 Å². The van der Waals surface area contributed by atoms with Gasteiger partial charge >= 0.3 is 5.25 Å². The summed E-state index contributed by atoms with van der Waals surface area (Å²) in [7, 11) is -4.74. The molecule has 19 heavy (non-hydrogen) atoms. The molecule has 0 amide bonds. The van der Waals surface area contributed by atoms with Crippen molar-refractivity contribution in [2.75, 3.05) is 0 Å². The molecule has 1 aromatic rings. The monoisotopic (exact) mass is 288 g/mol. The van der Waals surface area contributed by atoms with Gasteiger partial charge in [-0.25, -0.2) is 8.42 Å². The lowest BCUT2D eigenvalue weighted by Crippen LogP contribution is -2.26. The second-order valence-electron chi connectivity index (χ2n) is 4.02. The number of sulfone groups is 1. The van der Waals surface area contributed by atoms with E-state index in [0.29, 0.717) is 6.08 Å². The summed E-state index contributed by atoms with van der Waals surface area (Å²) in [5.74, 6) is -0.140. The minimum absolute atomic E-state index is 0.0925. The fraction of sp³-hybridized carbons (Fsp3) is 0.308. The lowest BCUT2D eigenvalue weighted by Gasteiger charge is -2.12. The normalized spacial score (nSPS) is 12.8. The maximum absolute atomic E-state index is 13.7. The largest absolute Gasteiger partial charge is 0.368 e. The van der Waals surface area contributed by atoms with Gasteiger partial charge < -0.3 is 4.79 Å². The summed E-state index contributed by atoms with van der Waals surface area (Å²) in [5, 5.41) is -3.98. The molecular formula is C13H14F2O3S. The predicted octanol–water partition coefficient (Wildman–Crippen LogP) is 2.98. The Morgan fingerprint density at radius 1 is 1.26 bits per heavy atom. The summed E-state index contributed by atoms with van der Waals surface area (Å²) >= 11 is 0. The molecule has 0 aliphatic heterocycles. The van der Waals surface area contributed by atoms with Crippen LogP contribution in [0.15, 0.2) is 47.4 Å². The lowest BCUT2D eigenvalue weighted by molar-refractivity contribution is -0.116. The number of alkyl halides is 2. The van der Waals surface area contributed by atoms with Crippen LogP contribution >= 0.6 is 0 Å². The molecule has 1 aromatic carbocycles. The van der Waals surface area contributed by atoms with Crippen LogP contribution in [0.1, 0.15) is 19.8 Å². The molecule has 0 spiro atoms. The van der Waals surface area contributed by atoms with Crippen LogP contribution in [-0.4, -0.2) is 19.5 Å². The molecule has 0 saturated heterocycles. The first-order chi connectivity index (χ1) is 8.77. The second-order valence-corrected chi connectivity index (χ2v) is 6.04. The highest BCUT2D eigenvalue weighted by Crippen LogP contribution is 2.30. The molecule has 0 aromatic heterocycles. The first kappa shape index (κ1) is 15.5. The van der Waals surface area contributed by atoms with Gasteiger partial charge in [0.2, 0.25) is 9.84 Å². The van der Waals surface area contributed by atoms with Crippen LogP contribution < -0.4 is 0 Å². The standard InChI is InChI=1S/C13H14F2O3S/c1-11(16)7-5-6-10-13(14,15)19(17,18)12-8-3-2-4-9-12/h2-4,6,8-10H,5,7H2,1H3/b10-6+. The SMILES string of the molecule is CC(=O)CC/C=C/C(F)(F)S(=O)(=O)c1ccccc1. The molecular weight excluding hydrogens is 274 g/mol. The Kier molecular flexibility index (Phi) is 4.94. The van der Waals surface area contributed by atoms with Crippen molar-refractivity contribution in [3.05, 3.63) is 42.5 Å². The lowest BCUT2D eigenvalue weighted by atomic mass is 10.2. The van der Waals surface area contributed by atoms with Crippen LogP contribution in [0.25, 0.3) is 0 Å². The minimum Gasteiger partial charge on any atom is -0.300 e. The maximum atomic E-state index is 13.7. The second kappa shape index (κ2) is 6.06. The number of allylic oxidation sites excluding steroid dienone is 1. The van der Waals surface area contributed by atoms with E-state index in [1.807, 2.05) is 0 Å². The van der Waals surface area contributed by atoms with Crippen molar-refractivity contribution in [3.8, 4) is 0 Å². The van der Waals surface area contributed by atoms with E-state index < -0.39 is 20.0 Å². The summed E-state index contributed by atoms with van der Waals surface area (Å²) in [6.07, 6.45) is 1.55. The molecule has 0 unspecified atom stereocenters. The topological polar surface area (TPSA) is 51.2 Å². The first-order valence-electron chi connectivity index (χ1n) is 5.62. The molecule has 104 valence electrons. The third-order valence-corrected chi connectivity index (χ3v) is 4.13. The summed E-state index contributed by atoms with van der Waals surface area (Å²) in [6, 6.07) is 6.53. The number of carbonyl (C=O) groups excluding carboxylic acids is 1. The zero-order valence-electron chi connectivity index (χ0n) is 10.3. The smallest absolute Gasteiger partial charge is 0.300 e. The number of benzene rings is 1. The van der Waals surface area contributed by atoms with Gasteiger partial charge in [0.25, 0.3) is 0 Å². The molecule has 0 saturated carbocycles. The molecule has 0 aliphatic rings. The highest BCUT2D eigenvalue weighted by atomic mass is 32.2. The zero-order valence-corrected chi connectivity index (χ0v) is 11.2. The predicted molar refractivity (Wildman–Crippen MR) is 67.6 cm³/mol. The molecule has 3 nitrogen and oxygen atoms in total. The van der Waals surface area contributed by atoms with Crippen molar-refractivity contribution in [2.45, 2.75) is 29.9 Å². The Morgan fingerprint density at radius 2 is 1.84 bits per heavy atom. The van der Waals surface area contributed by atoms with Gasteiger partial charge in [-0.05, 0) is 31.6 Å². The average Bonchev–Trinajstić information content (AvgIpc) is 2.35. The van der Waals surface area contributed by atoms with Crippen molar-refractivity contribution < 1.29 is 22.0 Å². The third-order valence-electron chi connectivity index (χ3n) is 2.39. The van der Waals surface area contributed by atoms with Crippen molar-refractivity contribution in [3.63, 3.8) is 0 Å². The molecule has 0 fully saturated rings. The van der Waals surface area contributed by atoms with Gasteiger partial charge in [-0.1, -0.05) is 24.3 Å². The van der Waals surface area contributed by atoms with E-state index in [4.69, 9.17) is 0 Å². The number of carbonyl (C=O) groups is 1. The van der Waals surface area contributed by atoms with Gasteiger partial charge in [0, 0.05) is 6.42 Å². The average molecular weight is 288 g/mol. The zero-order chi connectivity index (χ0) is 14.5. The summed E-state index contributed by atoms with van der Waals surface area (Å²) < 4.78 is 50.7. The number of halogens is 2. The van der Waals surface area contributed by atoms with E-state index in [1.165, 1.54) is 19.1 Å². The minimum atomic E-state index is -4.74. The number of ketones is 1. The van der Waals surface area contributed by atoms with Crippen LogP contribution in [0.5, 0.6) is 0 Å². The van der Waals surface area contributed by atoms with Gasteiger partial charge in [0.15, 0.2) is 0 Å². The highest BCUT2D eigenvalue weighted by Gasteiger charge is 2.43. The molecule has 0 N–H and O–H groups in total. The molecule has 1 rings (SSSR count). The molecule has 0 atom stereocenters. The van der Waals surface area contributed by atoms with Crippen LogP contribution in [-0.2, 0) is 14.6 Å². The van der Waals surface area contributed by atoms with Crippen molar-refractivity contribution >= 4 is 15.6 Å². The Hall–Kier alpha value is -1.56. The van der Waals surface area contributed by atoms with E-state index >= 15 is 0 Å². The van der Waals surface area contributed by atoms with E-state index in [0.717, 1.165) is 18.2 Å². The Labute approximate surface area is 110 Å². The quantitative estimate of drug-likeness (QED) is 0.756. The molecule has 0 bridgehead atoms. The van der Waals surface area contributed by atoms with E-state index in [9.17, 15) is 22.0 Å². The van der Waals surface area contributed by atoms with Crippen molar-refractivity contribution in [1.29, 1.82) is 0 Å². The first-order valence-corrected chi connectivity index (χ1v) is 7.10. The summed E-state index contributed by atoms with van der Waals surface area (Å²) in [5.41, 5.74) is 0. The van der Waals surface area contributed by atoms with Gasteiger partial charge in [-0.15, -0.1) is 0 Å². The maximum Gasteiger partial charge on any atom is 0.368 e. The summed E-state index contributed by atoms with van der Waals surface area (Å²) in [6.45, 7) is 1.34. The van der Waals surface area contributed by atoms with Crippen LogP contribution in [0, 0.1) is 0 Å². The number of rotatable bonds is 6. The van der Waals surface area contributed by atoms with Gasteiger partial charge in [-0.3, -0.25) is 0 Å².